The van der Waals surface area contributed by atoms with Gasteiger partial charge in [0.2, 0.25) is 47.3 Å². The van der Waals surface area contributed by atoms with Gasteiger partial charge in [-0.1, -0.05) is 0 Å². The lowest BCUT2D eigenvalue weighted by atomic mass is 9.95. The first-order chi connectivity index (χ1) is 61.0. The summed E-state index contributed by atoms with van der Waals surface area (Å²) in [6, 6.07) is 0. The second-order valence-corrected chi connectivity index (χ2v) is 38.7. The highest BCUT2D eigenvalue weighted by molar-refractivity contribution is 8.01. The lowest BCUT2D eigenvalue weighted by molar-refractivity contribution is -0.396. The molecule has 16 bridgehead atoms. The van der Waals surface area contributed by atoms with Crippen molar-refractivity contribution in [3.05, 3.63) is 0 Å². The van der Waals surface area contributed by atoms with Crippen LogP contribution in [0, 0.1) is 0 Å². The third-order valence-electron chi connectivity index (χ3n) is 21.8. The molecule has 24 N–H and O–H groups in total. The topological polar surface area (TPSA) is 704 Å². The van der Waals surface area contributed by atoms with Gasteiger partial charge >= 0.3 is 0 Å². The van der Waals surface area contributed by atoms with Crippen molar-refractivity contribution in [2.75, 3.05) is 148 Å². The first-order valence-electron chi connectivity index (χ1n) is 40.7. The molecule has 30 rings (SSSR count). The second kappa shape index (κ2) is 52.7. The molecule has 0 aromatic carbocycles. The highest BCUT2D eigenvalue weighted by atomic mass is 32.2. The van der Waals surface area contributed by atoms with Crippen LogP contribution in [0.5, 0.6) is 0 Å². The zero-order valence-electron chi connectivity index (χ0n) is 70.6. The van der Waals surface area contributed by atoms with Crippen molar-refractivity contribution in [1.29, 1.82) is 0 Å². The Balaban J connectivity index is 1.13. The maximum absolute atomic E-state index is 12.7. The molecule has 30 aliphatic heterocycles. The van der Waals surface area contributed by atoms with Crippen LogP contribution < -0.4 is 42.5 Å². The third-order valence-corrected chi connectivity index (χ3v) is 30.1. The van der Waals surface area contributed by atoms with Gasteiger partial charge in [-0.3, -0.25) is 38.4 Å². The quantitative estimate of drug-likeness (QED) is 0.0297. The molecule has 8 amide bonds. The maximum atomic E-state index is 12.7. The van der Waals surface area contributed by atoms with Crippen LogP contribution in [0.25, 0.3) is 0 Å². The fourth-order valence-corrected chi connectivity index (χ4v) is 22.1. The van der Waals surface area contributed by atoms with E-state index >= 15 is 0 Å². The van der Waals surface area contributed by atoms with Crippen molar-refractivity contribution in [2.45, 2.75) is 246 Å². The monoisotopic (exact) mass is 1990 g/mol. The van der Waals surface area contributed by atoms with Crippen LogP contribution in [0.4, 0.5) is 0 Å². The number of carbonyl (C=O) groups excluding carboxylic acids is 8. The molecule has 0 saturated carbocycles. The van der Waals surface area contributed by atoms with Crippen LogP contribution in [0.2, 0.25) is 0 Å². The van der Waals surface area contributed by atoms with Crippen molar-refractivity contribution in [1.82, 2.24) is 42.5 Å². The first-order valence-corrected chi connectivity index (χ1v) is 49.9. The van der Waals surface area contributed by atoms with E-state index in [1.165, 1.54) is 56.4 Å². The minimum Gasteiger partial charge on any atom is -0.387 e. The summed E-state index contributed by atoms with van der Waals surface area (Å²) in [6.45, 7) is 0. The van der Waals surface area contributed by atoms with Gasteiger partial charge in [-0.25, -0.2) is 0 Å². The van der Waals surface area contributed by atoms with E-state index in [1.54, 1.807) is 0 Å². The van der Waals surface area contributed by atoms with Crippen molar-refractivity contribution < 1.29 is 196 Å². The molecular formula is C72H120N8O40S8. The van der Waals surface area contributed by atoms with Gasteiger partial charge in [0.15, 0.2) is 50.3 Å². The number of thioether (sulfide) groups is 8. The van der Waals surface area contributed by atoms with E-state index in [2.05, 4.69) is 42.5 Å². The smallest absolute Gasteiger partial charge is 0.229 e. The van der Waals surface area contributed by atoms with E-state index in [0.29, 0.717) is 0 Å². The summed E-state index contributed by atoms with van der Waals surface area (Å²) in [5.41, 5.74) is 0. The van der Waals surface area contributed by atoms with Crippen LogP contribution >= 0.6 is 94.1 Å². The van der Waals surface area contributed by atoms with Gasteiger partial charge in [-0.2, -0.15) is 0 Å². The van der Waals surface area contributed by atoms with E-state index in [1.807, 2.05) is 0 Å². The lowest BCUT2D eigenvalue weighted by Crippen LogP contribution is -2.69. The molecule has 30 heterocycles. The molecule has 128 heavy (non-hydrogen) atoms. The van der Waals surface area contributed by atoms with Gasteiger partial charge in [-0.15, -0.1) is 94.1 Å². The zero-order chi connectivity index (χ0) is 93.7. The summed E-state index contributed by atoms with van der Waals surface area (Å²) in [4.78, 5) is 102. The summed E-state index contributed by atoms with van der Waals surface area (Å²) in [6.07, 6.45) is -79.6. The Kier molecular flexibility index (Phi) is 44.9. The fourth-order valence-electron chi connectivity index (χ4n) is 14.5. The Morgan fingerprint density at radius 1 is 0.172 bits per heavy atom. The molecule has 0 aromatic rings. The number of aliphatic hydroxyl groups is 16. The average molecular weight is 1990 g/mol. The highest BCUT2D eigenvalue weighted by Crippen LogP contribution is 2.43. The summed E-state index contributed by atoms with van der Waals surface area (Å²) >= 11 is 7.18. The summed E-state index contributed by atoms with van der Waals surface area (Å²) in [5.74, 6) is -8.87. The third kappa shape index (κ3) is 28.7. The second-order valence-electron chi connectivity index (χ2n) is 30.5. The number of hydrogen-bond donors (Lipinski definition) is 24. The summed E-state index contributed by atoms with van der Waals surface area (Å²) in [5, 5.41) is 216. The molecule has 0 aliphatic carbocycles. The molecule has 30 aliphatic rings. The molecule has 24 unspecified atom stereocenters. The Labute approximate surface area is 769 Å². The van der Waals surface area contributed by atoms with E-state index in [0.717, 1.165) is 94.1 Å². The van der Waals surface area contributed by atoms with Crippen LogP contribution in [0.1, 0.15) is 0 Å². The molecule has 30 saturated heterocycles. The Morgan fingerprint density at radius 2 is 0.266 bits per heavy atom. The average Bonchev–Trinajstić information content (AvgIpc) is 0.769. The molecule has 30 fully saturated rings. The Hall–Kier alpha value is -2.72. The van der Waals surface area contributed by atoms with Gasteiger partial charge < -0.3 is 200 Å². The van der Waals surface area contributed by atoms with Crippen LogP contribution in [0.3, 0.4) is 0 Å². The fraction of sp³-hybridized carbons (Fsp3) is 0.889. The van der Waals surface area contributed by atoms with E-state index < -0.39 is 293 Å². The molecule has 48 nitrogen and oxygen atoms in total. The standard InChI is InChI=1S/C72H120N8O40S8/c1-73-33(81)17-121-9-25-57-41(89)49(97)65(105-25)114-58-26(10-122-18-34(82)74-2)107-67(51(99)43(58)91)116-60-28(12-124-20-36(84)76-4)109-69(53(101)45(60)93)118-62-30(14-126-22-38(86)78-6)111-71(55(103)47(62)95)120-64-32(16-128-24-40(88)80-8)112-72(56(104)48(64)96)119-63-31(15-127-23-39(87)79-7)110-70(54(102)46(63)94)117-61-29(13-125-21-37(85)77-5)108-68(52(100)44(61)92)115-59-27(11-123-19-35(83)75-3)106-66(113-57)50(98)42(59)90/h25-32,41-72,89-104H,9-24H2,1-8H3,(H,73,81)(H,74,82)(H,75,83)(H,76,84)(H,77,85)(H,78,86)(H,79,87)(H,80,88)/t25?,26?,27?,28?,29?,30?,31?,32?,41?,42?,43?,44?,45?,46?,47?,48?,49?,50?,51?,52?,53?,54?,55?,56?,57-,58-,59-,60-,61-,62-,63-,64-,65-,66-,67-,68-,69-,70-,71-,72-/m1/s1. The lowest BCUT2D eigenvalue weighted by Gasteiger charge is -2.51. The summed E-state index contributed by atoms with van der Waals surface area (Å²) < 4.78 is 102. The molecule has 0 radical (unpaired) electrons. The van der Waals surface area contributed by atoms with Crippen molar-refractivity contribution >= 4 is 141 Å². The van der Waals surface area contributed by atoms with Gasteiger partial charge in [-0.05, 0) is 0 Å². The Bertz CT molecular complexity index is 2860. The maximum Gasteiger partial charge on any atom is 0.229 e. The zero-order valence-corrected chi connectivity index (χ0v) is 77.2. The number of amides is 8. The summed E-state index contributed by atoms with van der Waals surface area (Å²) in [7, 11) is 10.8. The van der Waals surface area contributed by atoms with Gasteiger partial charge in [0, 0.05) is 102 Å². The molecular weight excluding hydrogens is 1870 g/mol. The SMILES string of the molecule is CNC(=O)CSCC1O[C@@H]2O[C@@H]3C(CSCC(=O)NC)O[C@H](O[C@@H]4C(CSCC(=O)NC)O[C@H](O[C@@H]5C(CSCC(=O)NC)O[C@H](O[C@@H]6C(CSCC(=O)NC)O[C@H](O[C@@H]7C(CSCC(=O)NC)O[C@H](O[C@@H]8C(CSCC(=O)NC)O[C@H](O[C@@H]9C(CSCC(=O)NC)O[C@H](O[C@H]1C(O)C2O)C(O)C9O)C(O)C8O)C(O)C7O)C(O)C6O)C(O)C5O)C(O)C4O)C(O)C3O. The largest absolute Gasteiger partial charge is 0.387 e. The van der Waals surface area contributed by atoms with E-state index in [4.69, 9.17) is 75.8 Å². The molecule has 0 spiro atoms. The number of nitrogens with one attached hydrogen (secondary N) is 8. The number of hydrogen-bond acceptors (Lipinski definition) is 48. The van der Waals surface area contributed by atoms with Crippen molar-refractivity contribution in [2.24, 2.45) is 0 Å². The minimum atomic E-state index is -2.26. The van der Waals surface area contributed by atoms with Crippen LogP contribution in [-0.4, -0.2) is 523 Å². The first kappa shape index (κ1) is 109. The highest BCUT2D eigenvalue weighted by Gasteiger charge is 2.61. The van der Waals surface area contributed by atoms with Crippen molar-refractivity contribution in [3.8, 4) is 0 Å². The van der Waals surface area contributed by atoms with E-state index in [-0.39, 0.29) is 92.0 Å². The number of rotatable bonds is 32. The Morgan fingerprint density at radius 3 is 0.352 bits per heavy atom. The number of aliphatic hydroxyl groups excluding tert-OH is 16. The molecule has 0 aromatic heterocycles. The predicted molar refractivity (Wildman–Crippen MR) is 456 cm³/mol. The van der Waals surface area contributed by atoms with Crippen LogP contribution in [0.15, 0.2) is 0 Å². The van der Waals surface area contributed by atoms with E-state index in [9.17, 15) is 120 Å². The molecule has 736 valence electrons. The predicted octanol–water partition coefficient (Wildman–Crippen LogP) is -13.5. The normalized spacial score (nSPS) is 41.3. The minimum absolute atomic E-state index is 0.271. The molecule has 56 heteroatoms. The van der Waals surface area contributed by atoms with Gasteiger partial charge in [0.05, 0.1) is 94.9 Å². The molecule has 40 atom stereocenters. The number of ether oxygens (including phenoxy) is 16. The number of carbonyl (C=O) groups is 8. The van der Waals surface area contributed by atoms with Crippen LogP contribution in [-0.2, 0) is 114 Å². The van der Waals surface area contributed by atoms with Gasteiger partial charge in [0.25, 0.3) is 0 Å². The van der Waals surface area contributed by atoms with Gasteiger partial charge in [0.1, 0.15) is 146 Å². The van der Waals surface area contributed by atoms with Crippen molar-refractivity contribution in [3.63, 3.8) is 0 Å².